The van der Waals surface area contributed by atoms with E-state index in [0.29, 0.717) is 38.2 Å². The molecule has 2 aromatic carbocycles. The fraction of sp³-hybridized carbons (Fsp3) is 0.435. The van der Waals surface area contributed by atoms with Crippen molar-refractivity contribution in [1.29, 1.82) is 0 Å². The predicted octanol–water partition coefficient (Wildman–Crippen LogP) is 3.90. The lowest BCUT2D eigenvalue weighted by atomic mass is 9.77. The Bertz CT molecular complexity index is 912. The van der Waals surface area contributed by atoms with Crippen LogP contribution in [0.25, 0.3) is 0 Å². The summed E-state index contributed by atoms with van der Waals surface area (Å²) >= 11 is 0. The first-order valence-corrected chi connectivity index (χ1v) is 10.2. The summed E-state index contributed by atoms with van der Waals surface area (Å²) in [5, 5.41) is 3.39. The second-order valence-electron chi connectivity index (χ2n) is 8.15. The van der Waals surface area contributed by atoms with Crippen LogP contribution in [0.1, 0.15) is 28.7 Å². The van der Waals surface area contributed by atoms with Crippen molar-refractivity contribution in [2.45, 2.75) is 37.1 Å². The van der Waals surface area contributed by atoms with Crippen LogP contribution in [0.4, 0.5) is 17.6 Å². The molecule has 2 aliphatic rings. The Balaban J connectivity index is 1.64. The van der Waals surface area contributed by atoms with Gasteiger partial charge >= 0.3 is 6.18 Å². The minimum Gasteiger partial charge on any atom is -0.300 e. The van der Waals surface area contributed by atoms with Crippen molar-refractivity contribution >= 4 is 5.78 Å². The Morgan fingerprint density at radius 3 is 2.53 bits per heavy atom. The van der Waals surface area contributed by atoms with Gasteiger partial charge in [-0.3, -0.25) is 15.0 Å². The average molecular weight is 420 g/mol. The number of fused-ring (bicyclic) bond motifs is 1. The molecule has 1 saturated heterocycles. The number of alkyl halides is 4. The molecule has 1 fully saturated rings. The monoisotopic (exact) mass is 420 g/mol. The number of nitrogens with zero attached hydrogens (tertiary/aromatic N) is 1. The number of carbonyl (C=O) groups is 1. The number of likely N-dealkylation sites (tertiary alicyclic amines) is 1. The minimum atomic E-state index is -4.41. The molecule has 0 spiro atoms. The van der Waals surface area contributed by atoms with Crippen LogP contribution >= 0.6 is 0 Å². The quantitative estimate of drug-likeness (QED) is 0.745. The van der Waals surface area contributed by atoms with Crippen molar-refractivity contribution in [3.05, 3.63) is 70.8 Å². The Morgan fingerprint density at radius 1 is 1.13 bits per heavy atom. The summed E-state index contributed by atoms with van der Waals surface area (Å²) in [5.74, 6) is -0.114. The van der Waals surface area contributed by atoms with Gasteiger partial charge < -0.3 is 0 Å². The Kier molecular flexibility index (Phi) is 5.68. The summed E-state index contributed by atoms with van der Waals surface area (Å²) in [7, 11) is 0. The van der Waals surface area contributed by atoms with E-state index in [0.717, 1.165) is 29.7 Å². The third-order valence-electron chi connectivity index (χ3n) is 6.10. The van der Waals surface area contributed by atoms with Gasteiger partial charge in [-0.2, -0.15) is 13.2 Å². The van der Waals surface area contributed by atoms with Crippen LogP contribution in [0, 0.1) is 0 Å². The maximum Gasteiger partial charge on any atom is 0.416 e. The van der Waals surface area contributed by atoms with Crippen molar-refractivity contribution in [1.82, 2.24) is 10.2 Å². The highest BCUT2D eigenvalue weighted by Crippen LogP contribution is 2.34. The van der Waals surface area contributed by atoms with Crippen LogP contribution < -0.4 is 5.32 Å². The van der Waals surface area contributed by atoms with E-state index in [9.17, 15) is 22.4 Å². The largest absolute Gasteiger partial charge is 0.416 e. The molecule has 4 rings (SSSR count). The average Bonchev–Trinajstić information content (AvgIpc) is 3.12. The second-order valence-corrected chi connectivity index (χ2v) is 8.15. The number of Topliss-reactive ketones (excluding diaryl/α,β-unsaturated/α-hetero) is 1. The predicted molar refractivity (Wildman–Crippen MR) is 106 cm³/mol. The summed E-state index contributed by atoms with van der Waals surface area (Å²) < 4.78 is 52.3. The molecule has 0 amide bonds. The number of hydrogen-bond donors (Lipinski definition) is 1. The number of hydrogen-bond acceptors (Lipinski definition) is 3. The Labute approximate surface area is 173 Å². The van der Waals surface area contributed by atoms with E-state index in [1.165, 1.54) is 12.1 Å². The van der Waals surface area contributed by atoms with Crippen molar-refractivity contribution in [3.63, 3.8) is 0 Å². The lowest BCUT2D eigenvalue weighted by Crippen LogP contribution is -2.59. The first kappa shape index (κ1) is 21.0. The molecule has 160 valence electrons. The van der Waals surface area contributed by atoms with Gasteiger partial charge in [-0.15, -0.1) is 0 Å². The molecule has 2 heterocycles. The number of halogens is 4. The van der Waals surface area contributed by atoms with E-state index < -0.39 is 23.5 Å². The van der Waals surface area contributed by atoms with Gasteiger partial charge in [0.2, 0.25) is 0 Å². The normalized spacial score (nSPS) is 24.6. The Hall–Kier alpha value is -2.25. The van der Waals surface area contributed by atoms with Crippen LogP contribution in [-0.2, 0) is 29.4 Å². The second kappa shape index (κ2) is 8.12. The molecule has 2 atom stereocenters. The van der Waals surface area contributed by atoms with Gasteiger partial charge in [-0.25, -0.2) is 4.39 Å². The highest BCUT2D eigenvalue weighted by molar-refractivity contribution is 5.92. The molecular formula is C23H24F4N2O. The van der Waals surface area contributed by atoms with Gasteiger partial charge in [0.15, 0.2) is 5.78 Å². The number of nitrogens with one attached hydrogen (secondary N) is 1. The van der Waals surface area contributed by atoms with E-state index >= 15 is 0 Å². The van der Waals surface area contributed by atoms with Crippen molar-refractivity contribution in [3.8, 4) is 0 Å². The molecule has 0 radical (unpaired) electrons. The van der Waals surface area contributed by atoms with Crippen molar-refractivity contribution < 1.29 is 22.4 Å². The molecule has 0 aliphatic carbocycles. The smallest absolute Gasteiger partial charge is 0.300 e. The Morgan fingerprint density at radius 2 is 1.87 bits per heavy atom. The van der Waals surface area contributed by atoms with Crippen LogP contribution in [0.3, 0.4) is 0 Å². The lowest BCUT2D eigenvalue weighted by molar-refractivity contribution is -0.137. The summed E-state index contributed by atoms with van der Waals surface area (Å²) in [6, 6.07) is 12.5. The SMILES string of the molecule is O=C(Cc1ccc(C(F)(F)F)cc1)[C@]1(CN2CC[C@H](F)C2)NCCc2ccccc21. The van der Waals surface area contributed by atoms with E-state index in [2.05, 4.69) is 5.32 Å². The summed E-state index contributed by atoms with van der Waals surface area (Å²) in [4.78, 5) is 15.6. The molecule has 0 unspecified atom stereocenters. The number of carbonyl (C=O) groups excluding carboxylic acids is 1. The van der Waals surface area contributed by atoms with Crippen LogP contribution in [-0.4, -0.2) is 43.0 Å². The van der Waals surface area contributed by atoms with Gasteiger partial charge in [-0.05, 0) is 41.7 Å². The van der Waals surface area contributed by atoms with Gasteiger partial charge in [0, 0.05) is 32.6 Å². The molecular weight excluding hydrogens is 396 g/mol. The van der Waals surface area contributed by atoms with Gasteiger partial charge in [0.25, 0.3) is 0 Å². The third kappa shape index (κ3) is 4.14. The topological polar surface area (TPSA) is 32.3 Å². The molecule has 30 heavy (non-hydrogen) atoms. The summed E-state index contributed by atoms with van der Waals surface area (Å²) in [5.41, 5.74) is 0.757. The standard InChI is InChI=1S/C23H24F4N2O/c24-19-10-12-29(14-19)15-22(20-4-2-1-3-17(20)9-11-28-22)21(30)13-16-5-7-18(8-6-16)23(25,26)27/h1-8,19,28H,9-15H2/t19-,22+/m0/s1. The molecule has 2 aliphatic heterocycles. The van der Waals surface area contributed by atoms with Gasteiger partial charge in [0.05, 0.1) is 5.56 Å². The number of rotatable bonds is 5. The molecule has 0 bridgehead atoms. The van der Waals surface area contributed by atoms with E-state index in [1.54, 1.807) is 0 Å². The molecule has 7 heteroatoms. The van der Waals surface area contributed by atoms with E-state index in [4.69, 9.17) is 0 Å². The molecule has 0 aromatic heterocycles. The van der Waals surface area contributed by atoms with Crippen LogP contribution in [0.2, 0.25) is 0 Å². The highest BCUT2D eigenvalue weighted by atomic mass is 19.4. The third-order valence-corrected chi connectivity index (χ3v) is 6.10. The first-order chi connectivity index (χ1) is 14.3. The molecule has 2 aromatic rings. The first-order valence-electron chi connectivity index (χ1n) is 10.2. The maximum atomic E-state index is 13.8. The molecule has 3 nitrogen and oxygen atoms in total. The zero-order chi connectivity index (χ0) is 21.4. The fourth-order valence-electron chi connectivity index (χ4n) is 4.55. The minimum absolute atomic E-state index is 0.00631. The zero-order valence-corrected chi connectivity index (χ0v) is 16.5. The maximum absolute atomic E-state index is 13.8. The highest BCUT2D eigenvalue weighted by Gasteiger charge is 2.45. The summed E-state index contributed by atoms with van der Waals surface area (Å²) in [6.45, 7) is 1.84. The number of benzene rings is 2. The molecule has 0 saturated carbocycles. The van der Waals surface area contributed by atoms with E-state index in [1.807, 2.05) is 29.2 Å². The van der Waals surface area contributed by atoms with E-state index in [-0.39, 0.29) is 12.2 Å². The van der Waals surface area contributed by atoms with Crippen molar-refractivity contribution in [2.75, 3.05) is 26.2 Å². The van der Waals surface area contributed by atoms with Gasteiger partial charge in [0.1, 0.15) is 11.7 Å². The lowest BCUT2D eigenvalue weighted by Gasteiger charge is -2.41. The van der Waals surface area contributed by atoms with Crippen molar-refractivity contribution in [2.24, 2.45) is 0 Å². The van der Waals surface area contributed by atoms with Crippen LogP contribution in [0.15, 0.2) is 48.5 Å². The molecule has 1 N–H and O–H groups in total. The fourth-order valence-corrected chi connectivity index (χ4v) is 4.55. The number of ketones is 1. The zero-order valence-electron chi connectivity index (χ0n) is 16.5. The van der Waals surface area contributed by atoms with Crippen LogP contribution in [0.5, 0.6) is 0 Å². The summed E-state index contributed by atoms with van der Waals surface area (Å²) in [6.07, 6.45) is -4.06. The van der Waals surface area contributed by atoms with Gasteiger partial charge in [-0.1, -0.05) is 36.4 Å².